The third-order valence-electron chi connectivity index (χ3n) is 3.08. The van der Waals surface area contributed by atoms with E-state index in [2.05, 4.69) is 13.8 Å². The molecule has 0 heterocycles. The van der Waals surface area contributed by atoms with Crippen molar-refractivity contribution in [3.8, 4) is 11.5 Å². The largest absolute Gasteiger partial charge is 0.507 e. The van der Waals surface area contributed by atoms with Crippen molar-refractivity contribution in [2.24, 2.45) is 0 Å². The van der Waals surface area contributed by atoms with Crippen LogP contribution in [-0.2, 0) is 12.8 Å². The quantitative estimate of drug-likeness (QED) is 0.772. The van der Waals surface area contributed by atoms with Crippen LogP contribution in [0.3, 0.4) is 0 Å². The van der Waals surface area contributed by atoms with Crippen LogP contribution in [-0.4, -0.2) is 12.2 Å². The fourth-order valence-electron chi connectivity index (χ4n) is 1.96. The van der Waals surface area contributed by atoms with Crippen LogP contribution in [0, 0.1) is 0 Å². The first-order valence-electron chi connectivity index (χ1n) is 6.61. The molecule has 0 spiro atoms. The smallest absolute Gasteiger partial charge is 0.122 e. The number of methoxy groups -OCH3 is 1. The van der Waals surface area contributed by atoms with Gasteiger partial charge in [-0.25, -0.2) is 0 Å². The lowest BCUT2D eigenvalue weighted by atomic mass is 10.00. The molecule has 0 atom stereocenters. The average molecular weight is 236 g/mol. The number of aryl methyl sites for hydroxylation is 2. The van der Waals surface area contributed by atoms with E-state index < -0.39 is 0 Å². The van der Waals surface area contributed by atoms with E-state index in [1.807, 2.05) is 12.1 Å². The highest BCUT2D eigenvalue weighted by atomic mass is 16.5. The molecular weight excluding hydrogens is 212 g/mol. The Morgan fingerprint density at radius 1 is 1.00 bits per heavy atom. The standard InChI is InChI=1S/C15H24O2/c1-4-6-8-12-10-14(17-3)11-13(15(12)16)9-7-5-2/h10-11,16H,4-9H2,1-3H3. The van der Waals surface area contributed by atoms with Gasteiger partial charge >= 0.3 is 0 Å². The van der Waals surface area contributed by atoms with Gasteiger partial charge in [0.15, 0.2) is 0 Å². The zero-order chi connectivity index (χ0) is 12.7. The number of benzene rings is 1. The molecule has 1 rings (SSSR count). The lowest BCUT2D eigenvalue weighted by Crippen LogP contribution is -1.95. The molecular formula is C15H24O2. The van der Waals surface area contributed by atoms with E-state index in [0.29, 0.717) is 5.75 Å². The molecule has 0 saturated heterocycles. The third kappa shape index (κ3) is 3.95. The summed E-state index contributed by atoms with van der Waals surface area (Å²) < 4.78 is 5.30. The highest BCUT2D eigenvalue weighted by Gasteiger charge is 2.09. The summed E-state index contributed by atoms with van der Waals surface area (Å²) >= 11 is 0. The number of aromatic hydroxyl groups is 1. The molecule has 0 unspecified atom stereocenters. The van der Waals surface area contributed by atoms with Gasteiger partial charge < -0.3 is 9.84 Å². The zero-order valence-electron chi connectivity index (χ0n) is 11.3. The number of hydrogen-bond donors (Lipinski definition) is 1. The molecule has 0 amide bonds. The summed E-state index contributed by atoms with van der Waals surface area (Å²) in [6.45, 7) is 4.32. The Kier molecular flexibility index (Phi) is 5.88. The highest BCUT2D eigenvalue weighted by Crippen LogP contribution is 2.30. The highest BCUT2D eigenvalue weighted by molar-refractivity contribution is 5.46. The first-order valence-corrected chi connectivity index (χ1v) is 6.61. The Labute approximate surface area is 105 Å². The molecule has 0 aliphatic carbocycles. The number of unbranched alkanes of at least 4 members (excludes halogenated alkanes) is 2. The van der Waals surface area contributed by atoms with Gasteiger partial charge in [-0.2, -0.15) is 0 Å². The van der Waals surface area contributed by atoms with Crippen molar-refractivity contribution in [3.63, 3.8) is 0 Å². The monoisotopic (exact) mass is 236 g/mol. The van der Waals surface area contributed by atoms with Gasteiger partial charge in [-0.1, -0.05) is 26.7 Å². The minimum Gasteiger partial charge on any atom is -0.507 e. The van der Waals surface area contributed by atoms with Crippen molar-refractivity contribution >= 4 is 0 Å². The molecule has 96 valence electrons. The van der Waals surface area contributed by atoms with Gasteiger partial charge in [0.1, 0.15) is 11.5 Å². The summed E-state index contributed by atoms with van der Waals surface area (Å²) in [5.41, 5.74) is 2.05. The van der Waals surface area contributed by atoms with E-state index >= 15 is 0 Å². The maximum atomic E-state index is 10.2. The maximum Gasteiger partial charge on any atom is 0.122 e. The molecule has 0 fully saturated rings. The molecule has 17 heavy (non-hydrogen) atoms. The van der Waals surface area contributed by atoms with Gasteiger partial charge in [-0.3, -0.25) is 0 Å². The SMILES string of the molecule is CCCCc1cc(OC)cc(CCCC)c1O. The number of ether oxygens (including phenoxy) is 1. The molecule has 0 aliphatic heterocycles. The van der Waals surface area contributed by atoms with Gasteiger partial charge in [-0.15, -0.1) is 0 Å². The van der Waals surface area contributed by atoms with Crippen molar-refractivity contribution < 1.29 is 9.84 Å². The Morgan fingerprint density at radius 2 is 1.47 bits per heavy atom. The van der Waals surface area contributed by atoms with Crippen molar-refractivity contribution in [2.75, 3.05) is 7.11 Å². The lowest BCUT2D eigenvalue weighted by Gasteiger charge is -2.12. The molecule has 0 aromatic heterocycles. The predicted octanol–water partition coefficient (Wildman–Crippen LogP) is 4.09. The Hall–Kier alpha value is -1.18. The maximum absolute atomic E-state index is 10.2. The molecule has 2 nitrogen and oxygen atoms in total. The zero-order valence-corrected chi connectivity index (χ0v) is 11.3. The lowest BCUT2D eigenvalue weighted by molar-refractivity contribution is 0.408. The van der Waals surface area contributed by atoms with Crippen molar-refractivity contribution in [2.45, 2.75) is 52.4 Å². The molecule has 0 bridgehead atoms. The minimum absolute atomic E-state index is 0.479. The summed E-state index contributed by atoms with van der Waals surface area (Å²) in [5.74, 6) is 1.34. The van der Waals surface area contributed by atoms with Gasteiger partial charge in [0.05, 0.1) is 7.11 Å². The molecule has 0 radical (unpaired) electrons. The van der Waals surface area contributed by atoms with Crippen LogP contribution >= 0.6 is 0 Å². The van der Waals surface area contributed by atoms with E-state index in [1.165, 1.54) is 0 Å². The second-order valence-electron chi connectivity index (χ2n) is 4.50. The molecule has 1 aromatic carbocycles. The summed E-state index contributed by atoms with van der Waals surface area (Å²) in [4.78, 5) is 0. The van der Waals surface area contributed by atoms with Crippen LogP contribution in [0.15, 0.2) is 12.1 Å². The van der Waals surface area contributed by atoms with Crippen LogP contribution in [0.4, 0.5) is 0 Å². The number of phenolic OH excluding ortho intramolecular Hbond substituents is 1. The van der Waals surface area contributed by atoms with Crippen molar-refractivity contribution in [1.82, 2.24) is 0 Å². The first-order chi connectivity index (χ1) is 8.22. The van der Waals surface area contributed by atoms with E-state index in [9.17, 15) is 5.11 Å². The summed E-state index contributed by atoms with van der Waals surface area (Å²) in [7, 11) is 1.68. The first kappa shape index (κ1) is 13.9. The van der Waals surface area contributed by atoms with E-state index in [-0.39, 0.29) is 0 Å². The summed E-state index contributed by atoms with van der Waals surface area (Å²) in [6, 6.07) is 3.92. The molecule has 1 aromatic rings. The van der Waals surface area contributed by atoms with Gasteiger partial charge in [-0.05, 0) is 48.9 Å². The van der Waals surface area contributed by atoms with E-state index in [0.717, 1.165) is 55.4 Å². The van der Waals surface area contributed by atoms with E-state index in [1.54, 1.807) is 7.11 Å². The Bertz CT molecular complexity index is 316. The number of phenols is 1. The second kappa shape index (κ2) is 7.21. The second-order valence-corrected chi connectivity index (χ2v) is 4.50. The summed E-state index contributed by atoms with van der Waals surface area (Å²) in [5, 5.41) is 10.2. The molecule has 0 aliphatic rings. The average Bonchev–Trinajstić information content (AvgIpc) is 2.36. The van der Waals surface area contributed by atoms with Gasteiger partial charge in [0, 0.05) is 0 Å². The van der Waals surface area contributed by atoms with Gasteiger partial charge in [0.2, 0.25) is 0 Å². The van der Waals surface area contributed by atoms with E-state index in [4.69, 9.17) is 4.74 Å². The minimum atomic E-state index is 0.479. The van der Waals surface area contributed by atoms with Gasteiger partial charge in [0.25, 0.3) is 0 Å². The van der Waals surface area contributed by atoms with Crippen LogP contribution in [0.1, 0.15) is 50.7 Å². The number of rotatable bonds is 7. The Balaban J connectivity index is 2.94. The third-order valence-corrected chi connectivity index (χ3v) is 3.08. The fourth-order valence-corrected chi connectivity index (χ4v) is 1.96. The fraction of sp³-hybridized carbons (Fsp3) is 0.600. The molecule has 2 heteroatoms. The van der Waals surface area contributed by atoms with Crippen LogP contribution in [0.5, 0.6) is 11.5 Å². The van der Waals surface area contributed by atoms with Crippen molar-refractivity contribution in [1.29, 1.82) is 0 Å². The van der Waals surface area contributed by atoms with Crippen LogP contribution < -0.4 is 4.74 Å². The van der Waals surface area contributed by atoms with Crippen molar-refractivity contribution in [3.05, 3.63) is 23.3 Å². The topological polar surface area (TPSA) is 29.5 Å². The normalized spacial score (nSPS) is 10.5. The van der Waals surface area contributed by atoms with Crippen LogP contribution in [0.25, 0.3) is 0 Å². The number of hydrogen-bond acceptors (Lipinski definition) is 2. The Morgan fingerprint density at radius 3 is 1.82 bits per heavy atom. The summed E-state index contributed by atoms with van der Waals surface area (Å²) in [6.07, 6.45) is 6.35. The predicted molar refractivity (Wildman–Crippen MR) is 71.9 cm³/mol. The van der Waals surface area contributed by atoms with Crippen LogP contribution in [0.2, 0.25) is 0 Å². The molecule has 1 N–H and O–H groups in total. The molecule has 0 saturated carbocycles.